The van der Waals surface area contributed by atoms with Gasteiger partial charge in [0.1, 0.15) is 0 Å². The fourth-order valence-corrected chi connectivity index (χ4v) is 0.807. The molecule has 1 heteroatoms. The van der Waals surface area contributed by atoms with E-state index in [1.165, 1.54) is 0 Å². The van der Waals surface area contributed by atoms with Gasteiger partial charge in [-0.2, -0.15) is 5.26 Å². The van der Waals surface area contributed by atoms with Crippen LogP contribution in [0.2, 0.25) is 0 Å². The van der Waals surface area contributed by atoms with Crippen molar-refractivity contribution in [1.29, 1.82) is 5.26 Å². The van der Waals surface area contributed by atoms with Crippen molar-refractivity contribution in [3.63, 3.8) is 0 Å². The molecular formula is C12H9N. The largest absolute Gasteiger partial charge is 0.192 e. The molecule has 1 rings (SSSR count). The van der Waals surface area contributed by atoms with E-state index in [-0.39, 0.29) is 0 Å². The van der Waals surface area contributed by atoms with Crippen molar-refractivity contribution in [2.45, 2.75) is 6.92 Å². The zero-order chi connectivity index (χ0) is 9.68. The number of nitriles is 1. The van der Waals surface area contributed by atoms with Crippen LogP contribution in [0.4, 0.5) is 0 Å². The molecule has 62 valence electrons. The number of hydrogen-bond acceptors (Lipinski definition) is 1. The first-order valence-electron chi connectivity index (χ1n) is 3.90. The summed E-state index contributed by atoms with van der Waals surface area (Å²) in [6, 6.07) is 9.21. The van der Waals surface area contributed by atoms with Gasteiger partial charge in [-0.25, -0.2) is 0 Å². The second-order valence-electron chi connectivity index (χ2n) is 2.72. The molecule has 0 spiro atoms. The van der Waals surface area contributed by atoms with Crippen molar-refractivity contribution in [3.8, 4) is 17.9 Å². The molecule has 0 aliphatic heterocycles. The van der Waals surface area contributed by atoms with Gasteiger partial charge in [-0.15, -0.1) is 0 Å². The molecule has 0 aliphatic carbocycles. The third-order valence-electron chi connectivity index (χ3n) is 1.43. The highest BCUT2D eigenvalue weighted by Crippen LogP contribution is 2.01. The predicted molar refractivity (Wildman–Crippen MR) is 52.8 cm³/mol. The molecule has 0 fully saturated rings. The van der Waals surface area contributed by atoms with Crippen molar-refractivity contribution < 1.29 is 0 Å². The number of rotatable bonds is 0. The molecule has 0 amide bonds. The maximum atomic E-state index is 8.55. The van der Waals surface area contributed by atoms with Crippen molar-refractivity contribution in [3.05, 3.63) is 47.5 Å². The van der Waals surface area contributed by atoms with Gasteiger partial charge in [0.25, 0.3) is 0 Å². The second-order valence-corrected chi connectivity index (χ2v) is 2.72. The summed E-state index contributed by atoms with van der Waals surface area (Å²) < 4.78 is 0. The van der Waals surface area contributed by atoms with Gasteiger partial charge in [0.05, 0.1) is 11.6 Å². The predicted octanol–water partition coefficient (Wildman–Crippen LogP) is 2.49. The number of nitrogens with zero attached hydrogens (tertiary/aromatic N) is 1. The minimum absolute atomic E-state index is 0.654. The zero-order valence-electron chi connectivity index (χ0n) is 7.46. The molecule has 0 saturated heterocycles. The minimum Gasteiger partial charge on any atom is -0.192 e. The highest BCUT2D eigenvalue weighted by atomic mass is 14.2. The number of benzene rings is 1. The Morgan fingerprint density at radius 2 is 1.77 bits per heavy atom. The fraction of sp³-hybridized carbons (Fsp3) is 0.0833. The molecule has 0 aromatic heterocycles. The number of hydrogen-bond donors (Lipinski definition) is 0. The van der Waals surface area contributed by atoms with Gasteiger partial charge >= 0.3 is 0 Å². The van der Waals surface area contributed by atoms with E-state index in [1.807, 2.05) is 19.1 Å². The Morgan fingerprint density at radius 3 is 2.23 bits per heavy atom. The smallest absolute Gasteiger partial charge is 0.0991 e. The summed E-state index contributed by atoms with van der Waals surface area (Å²) >= 11 is 0. The quantitative estimate of drug-likeness (QED) is 0.544. The molecule has 0 saturated carbocycles. The van der Waals surface area contributed by atoms with E-state index in [1.54, 1.807) is 12.1 Å². The summed E-state index contributed by atoms with van der Waals surface area (Å²) in [5.74, 6) is 5.81. The fourth-order valence-electron chi connectivity index (χ4n) is 0.807. The molecule has 0 heterocycles. The molecule has 0 N–H and O–H groups in total. The first-order chi connectivity index (χ1) is 6.22. The van der Waals surface area contributed by atoms with Crippen LogP contribution in [0.3, 0.4) is 0 Å². The molecule has 0 unspecified atom stereocenters. The van der Waals surface area contributed by atoms with Crippen LogP contribution in [0.5, 0.6) is 0 Å². The second kappa shape index (κ2) is 4.14. The molecular weight excluding hydrogens is 158 g/mol. The molecule has 0 bridgehead atoms. The standard InChI is InChI=1S/C12H9N/c1-10(2)3-4-11-5-7-12(9-13)8-6-11/h5-8H,1H2,2H3. The average Bonchev–Trinajstić information content (AvgIpc) is 2.15. The lowest BCUT2D eigenvalue weighted by atomic mass is 10.1. The van der Waals surface area contributed by atoms with Gasteiger partial charge < -0.3 is 0 Å². The molecule has 0 aliphatic rings. The summed E-state index contributed by atoms with van der Waals surface area (Å²) in [4.78, 5) is 0. The SMILES string of the molecule is C=C(C)C#Cc1ccc(C#N)cc1. The Bertz CT molecular complexity index is 407. The van der Waals surface area contributed by atoms with Gasteiger partial charge in [0, 0.05) is 5.56 Å². The summed E-state index contributed by atoms with van der Waals surface area (Å²) in [6.07, 6.45) is 0. The van der Waals surface area contributed by atoms with Crippen molar-refractivity contribution in [2.75, 3.05) is 0 Å². The maximum Gasteiger partial charge on any atom is 0.0991 e. The van der Waals surface area contributed by atoms with E-state index in [4.69, 9.17) is 5.26 Å². The number of allylic oxidation sites excluding steroid dienone is 1. The normalized spacial score (nSPS) is 8.00. The minimum atomic E-state index is 0.654. The van der Waals surface area contributed by atoms with E-state index in [9.17, 15) is 0 Å². The van der Waals surface area contributed by atoms with Crippen molar-refractivity contribution in [1.82, 2.24) is 0 Å². The Morgan fingerprint density at radius 1 is 1.23 bits per heavy atom. The monoisotopic (exact) mass is 167 g/mol. The van der Waals surface area contributed by atoms with Gasteiger partial charge in [0.15, 0.2) is 0 Å². The third kappa shape index (κ3) is 2.85. The maximum absolute atomic E-state index is 8.55. The first-order valence-corrected chi connectivity index (χ1v) is 3.90. The summed E-state index contributed by atoms with van der Waals surface area (Å²) in [7, 11) is 0. The van der Waals surface area contributed by atoms with Gasteiger partial charge in [-0.1, -0.05) is 18.4 Å². The van der Waals surface area contributed by atoms with E-state index < -0.39 is 0 Å². The van der Waals surface area contributed by atoms with Crippen LogP contribution in [-0.2, 0) is 0 Å². The molecule has 1 nitrogen and oxygen atoms in total. The van der Waals surface area contributed by atoms with E-state index in [0.29, 0.717) is 5.56 Å². The molecule has 13 heavy (non-hydrogen) atoms. The zero-order valence-corrected chi connectivity index (χ0v) is 7.46. The average molecular weight is 167 g/mol. The topological polar surface area (TPSA) is 23.8 Å². The van der Waals surface area contributed by atoms with Crippen LogP contribution >= 0.6 is 0 Å². The summed E-state index contributed by atoms with van der Waals surface area (Å²) in [5, 5.41) is 8.55. The molecule has 1 aromatic carbocycles. The van der Waals surface area contributed by atoms with Crippen molar-refractivity contribution in [2.24, 2.45) is 0 Å². The summed E-state index contributed by atoms with van der Waals surface area (Å²) in [6.45, 7) is 5.54. The molecule has 1 aromatic rings. The third-order valence-corrected chi connectivity index (χ3v) is 1.43. The van der Waals surface area contributed by atoms with Crippen LogP contribution in [0.25, 0.3) is 0 Å². The summed E-state index contributed by atoms with van der Waals surface area (Å²) in [5.41, 5.74) is 2.40. The van der Waals surface area contributed by atoms with Crippen molar-refractivity contribution >= 4 is 0 Å². The Balaban J connectivity index is 2.90. The Hall–Kier alpha value is -1.99. The van der Waals surface area contributed by atoms with Gasteiger partial charge in [0.2, 0.25) is 0 Å². The van der Waals surface area contributed by atoms with Crippen LogP contribution in [0.1, 0.15) is 18.1 Å². The Labute approximate surface area is 78.3 Å². The van der Waals surface area contributed by atoms with E-state index >= 15 is 0 Å². The lowest BCUT2D eigenvalue weighted by molar-refractivity contribution is 1.48. The van der Waals surface area contributed by atoms with Gasteiger partial charge in [-0.3, -0.25) is 0 Å². The molecule has 0 atom stereocenters. The van der Waals surface area contributed by atoms with Gasteiger partial charge in [-0.05, 0) is 36.8 Å². The van der Waals surface area contributed by atoms with E-state index in [0.717, 1.165) is 11.1 Å². The highest BCUT2D eigenvalue weighted by Gasteiger charge is 1.88. The van der Waals surface area contributed by atoms with Crippen LogP contribution in [-0.4, -0.2) is 0 Å². The first kappa shape index (κ1) is 9.10. The lowest BCUT2D eigenvalue weighted by Gasteiger charge is -1.89. The molecule has 0 radical (unpaired) electrons. The van der Waals surface area contributed by atoms with E-state index in [2.05, 4.69) is 24.5 Å². The van der Waals surface area contributed by atoms with Crippen LogP contribution in [0, 0.1) is 23.2 Å². The Kier molecular flexibility index (Phi) is 2.90. The van der Waals surface area contributed by atoms with Crippen LogP contribution in [0.15, 0.2) is 36.4 Å². The van der Waals surface area contributed by atoms with Crippen LogP contribution < -0.4 is 0 Å². The lowest BCUT2D eigenvalue weighted by Crippen LogP contribution is -1.76. The highest BCUT2D eigenvalue weighted by molar-refractivity contribution is 5.42.